The van der Waals surface area contributed by atoms with Crippen LogP contribution in [0, 0.1) is 0 Å². The van der Waals surface area contributed by atoms with Crippen LogP contribution in [0.15, 0.2) is 18.2 Å². The minimum atomic E-state index is -0.470. The zero-order valence-corrected chi connectivity index (χ0v) is 11.3. The minimum Gasteiger partial charge on any atom is -0.462 e. The summed E-state index contributed by atoms with van der Waals surface area (Å²) in [6, 6.07) is 4.98. The third-order valence-corrected chi connectivity index (χ3v) is 2.52. The number of nitrogens with zero attached hydrogens (tertiary/aromatic N) is 1. The lowest BCUT2D eigenvalue weighted by Gasteiger charge is -2.16. The molecule has 0 aliphatic heterocycles. The second-order valence-electron chi connectivity index (χ2n) is 3.97. The standard InChI is InChI=1S/C13H18N2O4/c1-4-19-12(16)10-7-9(5-6-11(10)14)8-15(2)13(17)18-3/h5-7H,4,8,14H2,1-3H3. The molecule has 0 fully saturated rings. The zero-order chi connectivity index (χ0) is 14.4. The van der Waals surface area contributed by atoms with E-state index in [0.717, 1.165) is 5.56 Å². The van der Waals surface area contributed by atoms with E-state index in [1.54, 1.807) is 32.2 Å². The van der Waals surface area contributed by atoms with Crippen molar-refractivity contribution < 1.29 is 19.1 Å². The number of anilines is 1. The van der Waals surface area contributed by atoms with Crippen molar-refractivity contribution >= 4 is 17.7 Å². The lowest BCUT2D eigenvalue weighted by atomic mass is 10.1. The first-order valence-electron chi connectivity index (χ1n) is 5.84. The highest BCUT2D eigenvalue weighted by molar-refractivity contribution is 5.95. The summed E-state index contributed by atoms with van der Waals surface area (Å²) < 4.78 is 9.51. The van der Waals surface area contributed by atoms with Crippen LogP contribution in [0.2, 0.25) is 0 Å². The third-order valence-electron chi connectivity index (χ3n) is 2.52. The van der Waals surface area contributed by atoms with Crippen molar-refractivity contribution in [1.82, 2.24) is 4.90 Å². The van der Waals surface area contributed by atoms with Gasteiger partial charge in [-0.05, 0) is 24.6 Å². The van der Waals surface area contributed by atoms with Gasteiger partial charge in [-0.15, -0.1) is 0 Å². The van der Waals surface area contributed by atoms with Gasteiger partial charge in [0.05, 0.1) is 19.3 Å². The minimum absolute atomic E-state index is 0.282. The van der Waals surface area contributed by atoms with Gasteiger partial charge in [-0.25, -0.2) is 9.59 Å². The van der Waals surface area contributed by atoms with Crippen LogP contribution >= 0.6 is 0 Å². The van der Waals surface area contributed by atoms with Gasteiger partial charge in [-0.3, -0.25) is 0 Å². The average Bonchev–Trinajstić information content (AvgIpc) is 2.40. The summed E-state index contributed by atoms with van der Waals surface area (Å²) in [4.78, 5) is 24.4. The Morgan fingerprint density at radius 2 is 2.05 bits per heavy atom. The van der Waals surface area contributed by atoms with Crippen LogP contribution in [0.5, 0.6) is 0 Å². The van der Waals surface area contributed by atoms with Gasteiger partial charge in [0.2, 0.25) is 0 Å². The molecule has 0 aliphatic carbocycles. The molecule has 2 N–H and O–H groups in total. The molecule has 0 unspecified atom stereocenters. The number of ether oxygens (including phenoxy) is 2. The Labute approximate surface area is 112 Å². The number of hydrogen-bond donors (Lipinski definition) is 1. The van der Waals surface area contributed by atoms with Crippen LogP contribution in [-0.4, -0.2) is 37.7 Å². The van der Waals surface area contributed by atoms with Gasteiger partial charge < -0.3 is 20.1 Å². The molecule has 1 aromatic carbocycles. The van der Waals surface area contributed by atoms with Crippen LogP contribution in [0.25, 0.3) is 0 Å². The Morgan fingerprint density at radius 1 is 1.37 bits per heavy atom. The van der Waals surface area contributed by atoms with Gasteiger partial charge in [0.15, 0.2) is 0 Å². The molecule has 0 saturated carbocycles. The van der Waals surface area contributed by atoms with E-state index < -0.39 is 12.1 Å². The SMILES string of the molecule is CCOC(=O)c1cc(CN(C)C(=O)OC)ccc1N. The van der Waals surface area contributed by atoms with Gasteiger partial charge in [0.1, 0.15) is 0 Å². The zero-order valence-electron chi connectivity index (χ0n) is 11.3. The lowest BCUT2D eigenvalue weighted by molar-refractivity contribution is 0.0527. The summed E-state index contributed by atoms with van der Waals surface area (Å²) >= 11 is 0. The first-order chi connectivity index (χ1) is 8.99. The van der Waals surface area contributed by atoms with Crippen molar-refractivity contribution in [2.24, 2.45) is 0 Å². The highest BCUT2D eigenvalue weighted by Gasteiger charge is 2.14. The highest BCUT2D eigenvalue weighted by atomic mass is 16.5. The van der Waals surface area contributed by atoms with Crippen LogP contribution in [0.3, 0.4) is 0 Å². The molecule has 0 radical (unpaired) electrons. The van der Waals surface area contributed by atoms with Crippen molar-refractivity contribution in [3.63, 3.8) is 0 Å². The van der Waals surface area contributed by atoms with Gasteiger partial charge in [-0.2, -0.15) is 0 Å². The Hall–Kier alpha value is -2.24. The lowest BCUT2D eigenvalue weighted by Crippen LogP contribution is -2.26. The van der Waals surface area contributed by atoms with E-state index in [2.05, 4.69) is 4.74 Å². The van der Waals surface area contributed by atoms with Crippen LogP contribution in [0.1, 0.15) is 22.8 Å². The van der Waals surface area contributed by atoms with Crippen molar-refractivity contribution in [3.8, 4) is 0 Å². The van der Waals surface area contributed by atoms with Gasteiger partial charge >= 0.3 is 12.1 Å². The molecule has 6 heteroatoms. The van der Waals surface area contributed by atoms with Crippen LogP contribution in [-0.2, 0) is 16.0 Å². The smallest absolute Gasteiger partial charge is 0.409 e. The summed E-state index contributed by atoms with van der Waals surface area (Å²) in [6.07, 6.45) is -0.450. The quantitative estimate of drug-likeness (QED) is 0.661. The van der Waals surface area contributed by atoms with E-state index in [-0.39, 0.29) is 6.61 Å². The molecular formula is C13H18N2O4. The molecule has 19 heavy (non-hydrogen) atoms. The molecule has 1 amide bonds. The topological polar surface area (TPSA) is 81.9 Å². The van der Waals surface area contributed by atoms with Crippen molar-refractivity contribution in [2.45, 2.75) is 13.5 Å². The first kappa shape index (κ1) is 14.8. The van der Waals surface area contributed by atoms with Crippen LogP contribution in [0.4, 0.5) is 10.5 Å². The van der Waals surface area contributed by atoms with Gasteiger partial charge in [0.25, 0.3) is 0 Å². The Kier molecular flexibility index (Phi) is 5.17. The predicted octanol–water partition coefficient (Wildman–Crippen LogP) is 1.64. The molecule has 0 aliphatic rings. The predicted molar refractivity (Wildman–Crippen MR) is 70.7 cm³/mol. The van der Waals surface area contributed by atoms with E-state index in [0.29, 0.717) is 17.8 Å². The number of benzene rings is 1. The van der Waals surface area contributed by atoms with Gasteiger partial charge in [0, 0.05) is 19.3 Å². The molecule has 0 aromatic heterocycles. The van der Waals surface area contributed by atoms with Crippen molar-refractivity contribution in [3.05, 3.63) is 29.3 Å². The Bertz CT molecular complexity index is 474. The Balaban J connectivity index is 2.90. The molecule has 6 nitrogen and oxygen atoms in total. The number of amides is 1. The normalized spacial score (nSPS) is 9.84. The average molecular weight is 266 g/mol. The number of carbonyl (C=O) groups is 2. The largest absolute Gasteiger partial charge is 0.462 e. The fourth-order valence-corrected chi connectivity index (χ4v) is 1.58. The van der Waals surface area contributed by atoms with E-state index in [9.17, 15) is 9.59 Å². The fourth-order valence-electron chi connectivity index (χ4n) is 1.58. The summed E-state index contributed by atoms with van der Waals surface area (Å²) in [5.41, 5.74) is 7.15. The number of hydrogen-bond acceptors (Lipinski definition) is 5. The maximum Gasteiger partial charge on any atom is 0.409 e. The van der Waals surface area contributed by atoms with Crippen molar-refractivity contribution in [2.75, 3.05) is 26.5 Å². The van der Waals surface area contributed by atoms with Crippen LogP contribution < -0.4 is 5.73 Å². The second-order valence-corrected chi connectivity index (χ2v) is 3.97. The number of carbonyl (C=O) groups excluding carboxylic acids is 2. The van der Waals surface area contributed by atoms with Gasteiger partial charge in [-0.1, -0.05) is 6.07 Å². The van der Waals surface area contributed by atoms with E-state index in [4.69, 9.17) is 10.5 Å². The maximum absolute atomic E-state index is 11.7. The molecule has 1 rings (SSSR count). The molecular weight excluding hydrogens is 248 g/mol. The molecule has 0 atom stereocenters. The highest BCUT2D eigenvalue weighted by Crippen LogP contribution is 2.16. The first-order valence-corrected chi connectivity index (χ1v) is 5.84. The fraction of sp³-hybridized carbons (Fsp3) is 0.385. The number of methoxy groups -OCH3 is 1. The second kappa shape index (κ2) is 6.63. The monoisotopic (exact) mass is 266 g/mol. The molecule has 0 spiro atoms. The number of esters is 1. The summed E-state index contributed by atoms with van der Waals surface area (Å²) in [5.74, 6) is -0.470. The molecule has 0 heterocycles. The summed E-state index contributed by atoms with van der Waals surface area (Å²) in [6.45, 7) is 2.33. The third kappa shape index (κ3) is 3.87. The summed E-state index contributed by atoms with van der Waals surface area (Å²) in [7, 11) is 2.91. The van der Waals surface area contributed by atoms with E-state index in [1.807, 2.05) is 0 Å². The number of nitrogens with two attached hydrogens (primary N) is 1. The Morgan fingerprint density at radius 3 is 2.63 bits per heavy atom. The number of nitrogen functional groups attached to an aromatic ring is 1. The molecule has 104 valence electrons. The molecule has 1 aromatic rings. The maximum atomic E-state index is 11.7. The summed E-state index contributed by atoms with van der Waals surface area (Å²) in [5, 5.41) is 0. The van der Waals surface area contributed by atoms with E-state index >= 15 is 0 Å². The molecule has 0 saturated heterocycles. The molecule has 0 bridgehead atoms. The van der Waals surface area contributed by atoms with Crippen molar-refractivity contribution in [1.29, 1.82) is 0 Å². The van der Waals surface area contributed by atoms with E-state index in [1.165, 1.54) is 12.0 Å². The number of rotatable bonds is 4.